The van der Waals surface area contributed by atoms with Crippen LogP contribution in [0.5, 0.6) is 0 Å². The molecular weight excluding hydrogens is 1320 g/mol. The Labute approximate surface area is 619 Å². The second kappa shape index (κ2) is 71.0. The highest BCUT2D eigenvalue weighted by molar-refractivity contribution is 7.47. The van der Waals surface area contributed by atoms with Crippen molar-refractivity contribution in [1.29, 1.82) is 0 Å². The van der Waals surface area contributed by atoms with Gasteiger partial charge in [-0.3, -0.25) is 37.3 Å². The minimum atomic E-state index is -4.96. The molecule has 0 saturated carbocycles. The van der Waals surface area contributed by atoms with Gasteiger partial charge in [-0.05, 0) is 49.4 Å². The second-order valence-electron chi connectivity index (χ2n) is 31.4. The Hall–Kier alpha value is -1.94. The van der Waals surface area contributed by atoms with E-state index in [-0.39, 0.29) is 25.7 Å². The molecule has 0 aliphatic carbocycles. The van der Waals surface area contributed by atoms with Gasteiger partial charge in [0, 0.05) is 25.7 Å². The number of aliphatic hydroxyl groups is 1. The Morgan fingerprint density at radius 2 is 0.416 bits per heavy atom. The zero-order valence-electron chi connectivity index (χ0n) is 66.5. The van der Waals surface area contributed by atoms with Crippen LogP contribution in [-0.4, -0.2) is 96.7 Å². The number of unbranched alkanes of at least 4 members (excludes halogenated alkanes) is 45. The van der Waals surface area contributed by atoms with Gasteiger partial charge in [0.2, 0.25) is 0 Å². The zero-order chi connectivity index (χ0) is 74.6. The summed E-state index contributed by atoms with van der Waals surface area (Å²) in [5.41, 5.74) is 0. The van der Waals surface area contributed by atoms with Crippen molar-refractivity contribution in [3.05, 3.63) is 0 Å². The third-order valence-electron chi connectivity index (χ3n) is 19.1. The largest absolute Gasteiger partial charge is 0.472 e. The summed E-state index contributed by atoms with van der Waals surface area (Å²) in [5, 5.41) is 10.6. The fourth-order valence-electron chi connectivity index (χ4n) is 12.6. The van der Waals surface area contributed by atoms with Crippen LogP contribution in [0.2, 0.25) is 0 Å². The summed E-state index contributed by atoms with van der Waals surface area (Å²) in [5.74, 6) is 0.951. The van der Waals surface area contributed by atoms with E-state index in [1.807, 2.05) is 0 Å². The van der Waals surface area contributed by atoms with E-state index in [9.17, 15) is 43.2 Å². The molecule has 0 aromatic rings. The summed E-state index contributed by atoms with van der Waals surface area (Å²) in [4.78, 5) is 73.0. The molecule has 0 aliphatic heterocycles. The summed E-state index contributed by atoms with van der Waals surface area (Å²) in [6.45, 7) is 14.2. The highest BCUT2D eigenvalue weighted by atomic mass is 31.2. The third kappa shape index (κ3) is 76.1. The summed E-state index contributed by atoms with van der Waals surface area (Å²) in [6.07, 6.45) is 58.5. The maximum absolute atomic E-state index is 13.1. The number of hydrogen-bond donors (Lipinski definition) is 3. The number of carbonyl (C=O) groups is 4. The molecule has 0 radical (unpaired) electrons. The lowest BCUT2D eigenvalue weighted by Gasteiger charge is -2.21. The highest BCUT2D eigenvalue weighted by Crippen LogP contribution is 2.45. The average Bonchev–Trinajstić information content (AvgIpc) is 0.969. The van der Waals surface area contributed by atoms with Gasteiger partial charge in [0.25, 0.3) is 0 Å². The number of aliphatic hydroxyl groups excluding tert-OH is 1. The van der Waals surface area contributed by atoms with Crippen LogP contribution in [0.1, 0.15) is 421 Å². The van der Waals surface area contributed by atoms with Crippen LogP contribution < -0.4 is 0 Å². The van der Waals surface area contributed by atoms with Crippen LogP contribution in [0.15, 0.2) is 0 Å². The van der Waals surface area contributed by atoms with Gasteiger partial charge in [0.05, 0.1) is 26.4 Å². The summed E-state index contributed by atoms with van der Waals surface area (Å²) < 4.78 is 68.7. The number of ether oxygens (including phenoxy) is 4. The lowest BCUT2D eigenvalue weighted by Crippen LogP contribution is -2.30. The number of phosphoric ester groups is 2. The first-order valence-corrected chi connectivity index (χ1v) is 45.2. The Bertz CT molecular complexity index is 1970. The van der Waals surface area contributed by atoms with E-state index in [4.69, 9.17) is 37.0 Å². The van der Waals surface area contributed by atoms with Crippen molar-refractivity contribution in [3.63, 3.8) is 0 Å². The van der Waals surface area contributed by atoms with Crippen molar-refractivity contribution < 1.29 is 80.2 Å². The molecule has 0 rings (SSSR count). The molecule has 0 aromatic carbocycles. The Balaban J connectivity index is 5.20. The number of carbonyl (C=O) groups excluding carboxylic acids is 4. The van der Waals surface area contributed by atoms with Gasteiger partial charge in [-0.25, -0.2) is 9.13 Å². The number of hydrogen-bond acceptors (Lipinski definition) is 15. The smallest absolute Gasteiger partial charge is 0.462 e. The molecule has 17 nitrogen and oxygen atoms in total. The first-order chi connectivity index (χ1) is 48.6. The molecule has 0 aromatic heterocycles. The van der Waals surface area contributed by atoms with Gasteiger partial charge >= 0.3 is 39.5 Å². The molecule has 0 saturated heterocycles. The third-order valence-corrected chi connectivity index (χ3v) is 21.0. The van der Waals surface area contributed by atoms with E-state index in [1.54, 1.807) is 0 Å². The highest BCUT2D eigenvalue weighted by Gasteiger charge is 2.30. The van der Waals surface area contributed by atoms with Gasteiger partial charge in [-0.1, -0.05) is 370 Å². The summed E-state index contributed by atoms with van der Waals surface area (Å²) in [7, 11) is -9.92. The van der Waals surface area contributed by atoms with E-state index < -0.39 is 97.5 Å². The molecule has 19 heteroatoms. The lowest BCUT2D eigenvalue weighted by atomic mass is 10.0. The molecule has 0 aliphatic rings. The monoisotopic (exact) mass is 1480 g/mol. The predicted molar refractivity (Wildman–Crippen MR) is 414 cm³/mol. The molecule has 0 heterocycles. The second-order valence-corrected chi connectivity index (χ2v) is 34.3. The fourth-order valence-corrected chi connectivity index (χ4v) is 14.2. The van der Waals surface area contributed by atoms with Crippen molar-refractivity contribution in [2.24, 2.45) is 23.7 Å². The predicted octanol–water partition coefficient (Wildman–Crippen LogP) is 24.4. The van der Waals surface area contributed by atoms with Crippen LogP contribution in [0.3, 0.4) is 0 Å². The molecule has 3 N–H and O–H groups in total. The number of rotatable bonds is 79. The molecule has 2 unspecified atom stereocenters. The standard InChI is InChI=1S/C82H160O17P2/c1-72(2)58-50-42-34-28-22-16-13-11-9-10-12-14-18-25-31-37-46-54-62-79(84)92-68-77(98-81(86)64-56-48-38-32-26-19-15-17-23-29-35-43-51-59-73(3)4)70-96-100(88,89)94-66-76(83)67-95-101(90,91)97-71-78(69-93-80(85)63-55-47-41-40-45-53-61-75(7)8)99-82(87)65-57-49-39-33-27-21-20-24-30-36-44-52-60-74(5)6/h72-78,83H,9-71H2,1-8H3,(H,88,89)(H,90,91)/t76-,77-,78-/m1/s1. The molecule has 0 amide bonds. The SMILES string of the molecule is CC(C)CCCCCCCCCCCCCCCCCCCCC(=O)OC[C@H](COP(=O)(O)OC[C@@H](O)COP(=O)(O)OC[C@@H](COC(=O)CCCCCCCCC(C)C)OC(=O)CCCCCCCCCCCCCCC(C)C)OC(=O)CCCCCCCCCCCCCCCC(C)C. The minimum Gasteiger partial charge on any atom is -0.462 e. The maximum Gasteiger partial charge on any atom is 0.472 e. The van der Waals surface area contributed by atoms with Gasteiger partial charge in [-0.2, -0.15) is 0 Å². The molecule has 101 heavy (non-hydrogen) atoms. The van der Waals surface area contributed by atoms with Crippen LogP contribution in [0, 0.1) is 23.7 Å². The molecule has 0 bridgehead atoms. The van der Waals surface area contributed by atoms with E-state index in [1.165, 1.54) is 218 Å². The van der Waals surface area contributed by atoms with E-state index >= 15 is 0 Å². The Kier molecular flexibility index (Phi) is 69.6. The van der Waals surface area contributed by atoms with Crippen LogP contribution >= 0.6 is 15.6 Å². The molecular formula is C82H160O17P2. The first-order valence-electron chi connectivity index (χ1n) is 42.2. The van der Waals surface area contributed by atoms with Crippen LogP contribution in [-0.2, 0) is 65.4 Å². The minimum absolute atomic E-state index is 0.106. The molecule has 5 atom stereocenters. The van der Waals surface area contributed by atoms with Crippen molar-refractivity contribution in [1.82, 2.24) is 0 Å². The fraction of sp³-hybridized carbons (Fsp3) is 0.951. The Morgan fingerprint density at radius 3 is 0.614 bits per heavy atom. The average molecular weight is 1480 g/mol. The lowest BCUT2D eigenvalue weighted by molar-refractivity contribution is -0.161. The van der Waals surface area contributed by atoms with Gasteiger partial charge in [0.1, 0.15) is 19.3 Å². The van der Waals surface area contributed by atoms with Gasteiger partial charge in [-0.15, -0.1) is 0 Å². The van der Waals surface area contributed by atoms with Crippen LogP contribution in [0.4, 0.5) is 0 Å². The van der Waals surface area contributed by atoms with Crippen molar-refractivity contribution >= 4 is 39.5 Å². The van der Waals surface area contributed by atoms with Crippen molar-refractivity contribution in [2.45, 2.75) is 440 Å². The van der Waals surface area contributed by atoms with Crippen molar-refractivity contribution in [2.75, 3.05) is 39.6 Å². The van der Waals surface area contributed by atoms with E-state index in [0.717, 1.165) is 114 Å². The van der Waals surface area contributed by atoms with E-state index in [2.05, 4.69) is 55.4 Å². The topological polar surface area (TPSA) is 237 Å². The maximum atomic E-state index is 13.1. The Morgan fingerprint density at radius 1 is 0.248 bits per heavy atom. The van der Waals surface area contributed by atoms with Gasteiger partial charge < -0.3 is 33.8 Å². The number of esters is 4. The molecule has 600 valence electrons. The molecule has 0 spiro atoms. The quantitative estimate of drug-likeness (QED) is 0.0222. The number of phosphoric acid groups is 2. The van der Waals surface area contributed by atoms with Crippen LogP contribution in [0.25, 0.3) is 0 Å². The van der Waals surface area contributed by atoms with Crippen molar-refractivity contribution in [3.8, 4) is 0 Å². The summed E-state index contributed by atoms with van der Waals surface area (Å²) >= 11 is 0. The normalized spacial score (nSPS) is 14.0. The zero-order valence-corrected chi connectivity index (χ0v) is 68.3. The van der Waals surface area contributed by atoms with E-state index in [0.29, 0.717) is 31.6 Å². The summed E-state index contributed by atoms with van der Waals surface area (Å²) in [6, 6.07) is 0. The van der Waals surface area contributed by atoms with Gasteiger partial charge in [0.15, 0.2) is 12.2 Å². The molecule has 0 fully saturated rings. The first kappa shape index (κ1) is 99.1.